The van der Waals surface area contributed by atoms with Gasteiger partial charge in [-0.2, -0.15) is 4.98 Å². The fourth-order valence-electron chi connectivity index (χ4n) is 2.58. The summed E-state index contributed by atoms with van der Waals surface area (Å²) in [5.74, 6) is 0.839. The third kappa shape index (κ3) is 3.68. The summed E-state index contributed by atoms with van der Waals surface area (Å²) >= 11 is 3.16. The molecule has 1 aromatic heterocycles. The first-order chi connectivity index (χ1) is 10.2. The van der Waals surface area contributed by atoms with Crippen molar-refractivity contribution in [2.75, 3.05) is 6.54 Å². The van der Waals surface area contributed by atoms with E-state index in [1.165, 1.54) is 25.3 Å². The molecule has 1 fully saturated rings. The third-order valence-electron chi connectivity index (χ3n) is 3.76. The second-order valence-electron chi connectivity index (χ2n) is 5.33. The lowest BCUT2D eigenvalue weighted by Crippen LogP contribution is -2.34. The molecule has 1 aliphatic rings. The quantitative estimate of drug-likeness (QED) is 0.909. The van der Waals surface area contributed by atoms with E-state index in [0.29, 0.717) is 22.2 Å². The maximum absolute atomic E-state index is 13.2. The highest BCUT2D eigenvalue weighted by molar-refractivity contribution is 9.10. The Hall–Kier alpha value is -1.27. The van der Waals surface area contributed by atoms with Gasteiger partial charge in [-0.05, 0) is 59.9 Å². The van der Waals surface area contributed by atoms with Gasteiger partial charge >= 0.3 is 0 Å². The highest BCUT2D eigenvalue weighted by Crippen LogP contribution is 2.23. The van der Waals surface area contributed by atoms with Crippen molar-refractivity contribution in [3.8, 4) is 11.4 Å². The van der Waals surface area contributed by atoms with Crippen LogP contribution < -0.4 is 5.32 Å². The number of aryl methyl sites for hydroxylation is 1. The topological polar surface area (TPSA) is 51.0 Å². The Labute approximate surface area is 131 Å². The molecule has 0 saturated carbocycles. The van der Waals surface area contributed by atoms with Gasteiger partial charge in [-0.15, -0.1) is 0 Å². The van der Waals surface area contributed by atoms with Gasteiger partial charge in [0.2, 0.25) is 11.7 Å². The Morgan fingerprint density at radius 3 is 3.05 bits per heavy atom. The van der Waals surface area contributed by atoms with Crippen molar-refractivity contribution < 1.29 is 8.91 Å². The van der Waals surface area contributed by atoms with Gasteiger partial charge in [-0.3, -0.25) is 0 Å². The first kappa shape index (κ1) is 14.7. The summed E-state index contributed by atoms with van der Waals surface area (Å²) in [7, 11) is 0. The molecule has 0 radical (unpaired) electrons. The second kappa shape index (κ2) is 6.66. The third-order valence-corrected chi connectivity index (χ3v) is 4.37. The van der Waals surface area contributed by atoms with Crippen molar-refractivity contribution in [3.05, 3.63) is 34.4 Å². The Morgan fingerprint density at radius 1 is 1.38 bits per heavy atom. The van der Waals surface area contributed by atoms with E-state index in [9.17, 15) is 4.39 Å². The van der Waals surface area contributed by atoms with Crippen molar-refractivity contribution >= 4 is 15.9 Å². The minimum atomic E-state index is -0.300. The summed E-state index contributed by atoms with van der Waals surface area (Å²) in [5.41, 5.74) is 0.745. The van der Waals surface area contributed by atoms with Crippen LogP contribution in [-0.2, 0) is 6.42 Å². The number of hydrogen-bond donors (Lipinski definition) is 1. The fraction of sp³-hybridized carbons (Fsp3) is 0.467. The zero-order valence-corrected chi connectivity index (χ0v) is 13.2. The molecule has 2 heterocycles. The van der Waals surface area contributed by atoms with Gasteiger partial charge in [-0.1, -0.05) is 11.6 Å². The minimum absolute atomic E-state index is 0.300. The second-order valence-corrected chi connectivity index (χ2v) is 6.18. The molecule has 1 aliphatic heterocycles. The number of benzene rings is 1. The van der Waals surface area contributed by atoms with Crippen LogP contribution in [0.15, 0.2) is 27.2 Å². The lowest BCUT2D eigenvalue weighted by atomic mass is 10.0. The van der Waals surface area contributed by atoms with E-state index in [4.69, 9.17) is 4.52 Å². The summed E-state index contributed by atoms with van der Waals surface area (Å²) in [5, 5.41) is 7.47. The molecule has 0 bridgehead atoms. The molecule has 2 aromatic rings. The van der Waals surface area contributed by atoms with Crippen LogP contribution in [0.4, 0.5) is 4.39 Å². The van der Waals surface area contributed by atoms with Crippen molar-refractivity contribution in [1.82, 2.24) is 15.5 Å². The summed E-state index contributed by atoms with van der Waals surface area (Å²) in [4.78, 5) is 4.39. The molecule has 1 atom stereocenters. The number of rotatable bonds is 4. The molecule has 4 nitrogen and oxygen atoms in total. The summed E-state index contributed by atoms with van der Waals surface area (Å²) in [6.45, 7) is 1.10. The molecule has 3 rings (SSSR count). The molecule has 0 aliphatic carbocycles. The summed E-state index contributed by atoms with van der Waals surface area (Å²) < 4.78 is 18.9. The molecule has 112 valence electrons. The number of nitrogens with one attached hydrogen (secondary N) is 1. The van der Waals surface area contributed by atoms with Gasteiger partial charge in [-0.25, -0.2) is 4.39 Å². The van der Waals surface area contributed by atoms with Gasteiger partial charge < -0.3 is 9.84 Å². The zero-order chi connectivity index (χ0) is 14.7. The van der Waals surface area contributed by atoms with Crippen LogP contribution in [0.25, 0.3) is 11.4 Å². The smallest absolute Gasteiger partial charge is 0.227 e. The van der Waals surface area contributed by atoms with Crippen molar-refractivity contribution in [2.24, 2.45) is 0 Å². The highest BCUT2D eigenvalue weighted by Gasteiger charge is 2.15. The molecule has 0 spiro atoms. The number of piperidine rings is 1. The van der Waals surface area contributed by atoms with Crippen molar-refractivity contribution in [3.63, 3.8) is 0 Å². The molecule has 21 heavy (non-hydrogen) atoms. The van der Waals surface area contributed by atoms with Crippen LogP contribution in [0.5, 0.6) is 0 Å². The summed E-state index contributed by atoms with van der Waals surface area (Å²) in [6, 6.07) is 5.25. The molecule has 6 heteroatoms. The van der Waals surface area contributed by atoms with Crippen LogP contribution >= 0.6 is 15.9 Å². The van der Waals surface area contributed by atoms with E-state index in [-0.39, 0.29) is 5.82 Å². The number of aromatic nitrogens is 2. The van der Waals surface area contributed by atoms with E-state index in [2.05, 4.69) is 31.4 Å². The van der Waals surface area contributed by atoms with Crippen molar-refractivity contribution in [2.45, 2.75) is 38.1 Å². The largest absolute Gasteiger partial charge is 0.339 e. The molecule has 0 amide bonds. The van der Waals surface area contributed by atoms with Crippen LogP contribution in [0.1, 0.15) is 31.6 Å². The lowest BCUT2D eigenvalue weighted by molar-refractivity contribution is 0.342. The summed E-state index contributed by atoms with van der Waals surface area (Å²) in [6.07, 6.45) is 5.55. The van der Waals surface area contributed by atoms with E-state index >= 15 is 0 Å². The molecule has 1 N–H and O–H groups in total. The van der Waals surface area contributed by atoms with E-state index in [1.54, 1.807) is 12.1 Å². The van der Waals surface area contributed by atoms with Gasteiger partial charge in [0.05, 0.1) is 4.47 Å². The average molecular weight is 354 g/mol. The predicted octanol–water partition coefficient (Wildman–Crippen LogP) is 3.71. The van der Waals surface area contributed by atoms with Crippen molar-refractivity contribution in [1.29, 1.82) is 0 Å². The molecule has 1 aromatic carbocycles. The molecular weight excluding hydrogens is 337 g/mol. The van der Waals surface area contributed by atoms with Gasteiger partial charge in [0.15, 0.2) is 0 Å². The first-order valence-electron chi connectivity index (χ1n) is 7.24. The zero-order valence-electron chi connectivity index (χ0n) is 11.6. The maximum atomic E-state index is 13.2. The number of hydrogen-bond acceptors (Lipinski definition) is 4. The van der Waals surface area contributed by atoms with Gasteiger partial charge in [0.25, 0.3) is 0 Å². The standard InChI is InChI=1S/C15H17BrFN3O/c16-12-9-10(4-6-13(12)17)15-19-14(21-20-15)7-5-11-3-1-2-8-18-11/h4,6,9,11,18H,1-3,5,7-8H2. The average Bonchev–Trinajstić information content (AvgIpc) is 2.98. The highest BCUT2D eigenvalue weighted by atomic mass is 79.9. The normalized spacial score (nSPS) is 18.9. The predicted molar refractivity (Wildman–Crippen MR) is 81.4 cm³/mol. The van der Waals surface area contributed by atoms with Crippen LogP contribution in [0.2, 0.25) is 0 Å². The lowest BCUT2D eigenvalue weighted by Gasteiger charge is -2.22. The number of halogens is 2. The molecule has 1 saturated heterocycles. The van der Waals surface area contributed by atoms with E-state index in [0.717, 1.165) is 24.9 Å². The van der Waals surface area contributed by atoms with E-state index in [1.807, 2.05) is 0 Å². The SMILES string of the molecule is Fc1ccc(-c2noc(CCC3CCCCN3)n2)cc1Br. The monoisotopic (exact) mass is 353 g/mol. The molecule has 1 unspecified atom stereocenters. The Morgan fingerprint density at radius 2 is 2.29 bits per heavy atom. The Bertz CT molecular complexity index is 611. The Kier molecular flexibility index (Phi) is 4.65. The van der Waals surface area contributed by atoms with Crippen LogP contribution in [0.3, 0.4) is 0 Å². The van der Waals surface area contributed by atoms with Crippen LogP contribution in [0, 0.1) is 5.82 Å². The first-order valence-corrected chi connectivity index (χ1v) is 8.03. The fourth-order valence-corrected chi connectivity index (χ4v) is 2.96. The maximum Gasteiger partial charge on any atom is 0.227 e. The Balaban J connectivity index is 1.63. The van der Waals surface area contributed by atoms with Crippen LogP contribution in [-0.4, -0.2) is 22.7 Å². The minimum Gasteiger partial charge on any atom is -0.339 e. The molecular formula is C15H17BrFN3O. The number of nitrogens with zero attached hydrogens (tertiary/aromatic N) is 2. The van der Waals surface area contributed by atoms with Gasteiger partial charge in [0, 0.05) is 18.0 Å². The van der Waals surface area contributed by atoms with E-state index < -0.39 is 0 Å². The van der Waals surface area contributed by atoms with Gasteiger partial charge in [0.1, 0.15) is 5.82 Å².